The van der Waals surface area contributed by atoms with Gasteiger partial charge in [-0.25, -0.2) is 8.42 Å². The molecule has 7 heteroatoms. The van der Waals surface area contributed by atoms with Crippen LogP contribution in [0.3, 0.4) is 0 Å². The number of hydrogen-bond donors (Lipinski definition) is 0. The highest BCUT2D eigenvalue weighted by molar-refractivity contribution is 9.10. The Bertz CT molecular complexity index is 697. The van der Waals surface area contributed by atoms with E-state index in [0.717, 1.165) is 4.47 Å². The maximum absolute atomic E-state index is 12.5. The zero-order chi connectivity index (χ0) is 16.3. The molecule has 0 spiro atoms. The van der Waals surface area contributed by atoms with Crippen molar-refractivity contribution in [2.24, 2.45) is 0 Å². The lowest BCUT2D eigenvalue weighted by Gasteiger charge is -2.34. The first-order valence-electron chi connectivity index (χ1n) is 6.85. The number of allylic oxidation sites excluding steroid dienone is 1. The number of nitrogens with zero attached hydrogens (tertiary/aromatic N) is 2. The van der Waals surface area contributed by atoms with Crippen LogP contribution in [-0.4, -0.2) is 38.6 Å². The maximum atomic E-state index is 12.5. The molecule has 0 aliphatic carbocycles. The van der Waals surface area contributed by atoms with Crippen molar-refractivity contribution in [3.63, 3.8) is 0 Å². The maximum Gasteiger partial charge on any atom is 0.218 e. The standard InChI is InChI=1S/C15H17BrN2O3S/c1-11-8-18(9-12(2)21-11)10-15(7-17)22(19,20)14-5-3-13(16)4-6-14/h3-6,10-12H,8-9H2,1-2H3/b15-10+. The molecule has 0 N–H and O–H groups in total. The van der Waals surface area contributed by atoms with Gasteiger partial charge in [0.05, 0.1) is 17.1 Å². The minimum Gasteiger partial charge on any atom is -0.372 e. The molecule has 118 valence electrons. The quantitative estimate of drug-likeness (QED) is 0.749. The molecule has 0 saturated carbocycles. The van der Waals surface area contributed by atoms with Crippen LogP contribution >= 0.6 is 15.9 Å². The number of rotatable bonds is 3. The first kappa shape index (κ1) is 17.0. The van der Waals surface area contributed by atoms with E-state index in [2.05, 4.69) is 15.9 Å². The molecule has 2 rings (SSSR count). The number of nitriles is 1. The summed E-state index contributed by atoms with van der Waals surface area (Å²) in [6.45, 7) is 4.97. The largest absolute Gasteiger partial charge is 0.372 e. The second-order valence-corrected chi connectivity index (χ2v) is 8.11. The van der Waals surface area contributed by atoms with E-state index in [-0.39, 0.29) is 22.0 Å². The smallest absolute Gasteiger partial charge is 0.218 e. The van der Waals surface area contributed by atoms with Gasteiger partial charge in [-0.2, -0.15) is 5.26 Å². The first-order valence-corrected chi connectivity index (χ1v) is 9.12. The van der Waals surface area contributed by atoms with Crippen molar-refractivity contribution < 1.29 is 13.2 Å². The highest BCUT2D eigenvalue weighted by atomic mass is 79.9. The number of sulfone groups is 1. The Kier molecular flexibility index (Phi) is 5.27. The van der Waals surface area contributed by atoms with Crippen LogP contribution in [0.4, 0.5) is 0 Å². The Morgan fingerprint density at radius 1 is 1.32 bits per heavy atom. The second kappa shape index (κ2) is 6.82. The summed E-state index contributed by atoms with van der Waals surface area (Å²) >= 11 is 3.26. The summed E-state index contributed by atoms with van der Waals surface area (Å²) in [4.78, 5) is 1.68. The van der Waals surface area contributed by atoms with Gasteiger partial charge >= 0.3 is 0 Å². The van der Waals surface area contributed by atoms with E-state index < -0.39 is 9.84 Å². The molecule has 1 aromatic carbocycles. The number of halogens is 1. The molecular formula is C15H17BrN2O3S. The third-order valence-corrected chi connectivity index (χ3v) is 5.47. The van der Waals surface area contributed by atoms with Gasteiger partial charge in [0.1, 0.15) is 6.07 Å². The van der Waals surface area contributed by atoms with Crippen molar-refractivity contribution in [2.45, 2.75) is 31.0 Å². The van der Waals surface area contributed by atoms with Gasteiger partial charge in [0.15, 0.2) is 4.91 Å². The molecule has 2 unspecified atom stereocenters. The molecule has 2 atom stereocenters. The Hall–Kier alpha value is -1.36. The molecule has 1 heterocycles. The van der Waals surface area contributed by atoms with E-state index in [1.54, 1.807) is 12.1 Å². The summed E-state index contributed by atoms with van der Waals surface area (Å²) in [5.41, 5.74) is 0. The van der Waals surface area contributed by atoms with Crippen molar-refractivity contribution in [1.82, 2.24) is 4.90 Å². The van der Waals surface area contributed by atoms with Gasteiger partial charge < -0.3 is 9.64 Å². The summed E-state index contributed by atoms with van der Waals surface area (Å²) in [5, 5.41) is 9.28. The Morgan fingerprint density at radius 3 is 2.36 bits per heavy atom. The van der Waals surface area contributed by atoms with E-state index in [9.17, 15) is 13.7 Å². The molecular weight excluding hydrogens is 368 g/mol. The average molecular weight is 385 g/mol. The van der Waals surface area contributed by atoms with Crippen molar-refractivity contribution >= 4 is 25.8 Å². The molecule has 1 saturated heterocycles. The van der Waals surface area contributed by atoms with Gasteiger partial charge in [-0.1, -0.05) is 15.9 Å². The average Bonchev–Trinajstić information content (AvgIpc) is 2.44. The van der Waals surface area contributed by atoms with Crippen LogP contribution in [0.15, 0.2) is 44.7 Å². The number of ether oxygens (including phenoxy) is 1. The topological polar surface area (TPSA) is 70.4 Å². The Balaban J connectivity index is 2.32. The lowest BCUT2D eigenvalue weighted by atomic mass is 10.2. The van der Waals surface area contributed by atoms with Gasteiger partial charge in [0.2, 0.25) is 9.84 Å². The highest BCUT2D eigenvalue weighted by Crippen LogP contribution is 2.22. The minimum atomic E-state index is -3.81. The monoisotopic (exact) mass is 384 g/mol. The van der Waals surface area contributed by atoms with Crippen LogP contribution in [0.2, 0.25) is 0 Å². The van der Waals surface area contributed by atoms with Gasteiger partial charge in [0.25, 0.3) is 0 Å². The molecule has 0 radical (unpaired) electrons. The van der Waals surface area contributed by atoms with Crippen LogP contribution in [0.25, 0.3) is 0 Å². The lowest BCUT2D eigenvalue weighted by Crippen LogP contribution is -2.42. The van der Waals surface area contributed by atoms with Gasteiger partial charge in [-0.15, -0.1) is 0 Å². The summed E-state index contributed by atoms with van der Waals surface area (Å²) in [6.07, 6.45) is 1.41. The molecule has 1 aliphatic rings. The molecule has 1 aromatic rings. The summed E-state index contributed by atoms with van der Waals surface area (Å²) in [6, 6.07) is 8.05. The van der Waals surface area contributed by atoms with Crippen LogP contribution in [0, 0.1) is 11.3 Å². The molecule has 1 fully saturated rings. The molecule has 5 nitrogen and oxygen atoms in total. The fourth-order valence-corrected chi connectivity index (χ4v) is 3.81. The fraction of sp³-hybridized carbons (Fsp3) is 0.400. The van der Waals surface area contributed by atoms with Gasteiger partial charge in [-0.3, -0.25) is 0 Å². The van der Waals surface area contributed by atoms with Crippen LogP contribution in [0.1, 0.15) is 13.8 Å². The summed E-state index contributed by atoms with van der Waals surface area (Å²) in [5.74, 6) is 0. The van der Waals surface area contributed by atoms with Crippen LogP contribution < -0.4 is 0 Å². The molecule has 0 amide bonds. The number of hydrogen-bond acceptors (Lipinski definition) is 5. The third-order valence-electron chi connectivity index (χ3n) is 3.27. The lowest BCUT2D eigenvalue weighted by molar-refractivity contribution is -0.0541. The van der Waals surface area contributed by atoms with E-state index in [1.807, 2.05) is 24.8 Å². The number of benzene rings is 1. The zero-order valence-electron chi connectivity index (χ0n) is 12.4. The van der Waals surface area contributed by atoms with E-state index in [4.69, 9.17) is 4.74 Å². The second-order valence-electron chi connectivity index (χ2n) is 5.27. The highest BCUT2D eigenvalue weighted by Gasteiger charge is 2.25. The van der Waals surface area contributed by atoms with Gasteiger partial charge in [-0.05, 0) is 38.1 Å². The van der Waals surface area contributed by atoms with Crippen molar-refractivity contribution in [3.05, 3.63) is 39.8 Å². The van der Waals surface area contributed by atoms with E-state index in [0.29, 0.717) is 13.1 Å². The third kappa shape index (κ3) is 3.88. The molecule has 0 bridgehead atoms. The fourth-order valence-electron chi connectivity index (χ4n) is 2.39. The minimum absolute atomic E-state index is 0.00433. The van der Waals surface area contributed by atoms with Crippen LogP contribution in [-0.2, 0) is 14.6 Å². The summed E-state index contributed by atoms with van der Waals surface area (Å²) < 4.78 is 31.5. The van der Waals surface area contributed by atoms with Crippen molar-refractivity contribution in [1.29, 1.82) is 5.26 Å². The number of morpholine rings is 1. The SMILES string of the molecule is CC1CN(/C=C(\C#N)S(=O)(=O)c2ccc(Br)cc2)CC(C)O1. The van der Waals surface area contributed by atoms with Crippen molar-refractivity contribution in [3.8, 4) is 6.07 Å². The molecule has 0 aromatic heterocycles. The van der Waals surface area contributed by atoms with E-state index >= 15 is 0 Å². The van der Waals surface area contributed by atoms with E-state index in [1.165, 1.54) is 18.3 Å². The summed E-state index contributed by atoms with van der Waals surface area (Å²) in [7, 11) is -3.81. The van der Waals surface area contributed by atoms with Crippen LogP contribution in [0.5, 0.6) is 0 Å². The van der Waals surface area contributed by atoms with Crippen molar-refractivity contribution in [2.75, 3.05) is 13.1 Å². The predicted molar refractivity (Wildman–Crippen MR) is 86.6 cm³/mol. The predicted octanol–water partition coefficient (Wildman–Crippen LogP) is 2.70. The normalized spacial score (nSPS) is 23.2. The Labute approximate surface area is 139 Å². The zero-order valence-corrected chi connectivity index (χ0v) is 14.8. The molecule has 22 heavy (non-hydrogen) atoms. The first-order chi connectivity index (χ1) is 10.3. The Morgan fingerprint density at radius 2 is 1.86 bits per heavy atom. The molecule has 1 aliphatic heterocycles. The van der Waals surface area contributed by atoms with Gasteiger partial charge in [0, 0.05) is 23.8 Å².